The fourth-order valence-electron chi connectivity index (χ4n) is 1.28. The molecule has 0 fully saturated rings. The molecule has 0 saturated heterocycles. The predicted molar refractivity (Wildman–Crippen MR) is 80.6 cm³/mol. The van der Waals surface area contributed by atoms with Gasteiger partial charge in [0.15, 0.2) is 0 Å². The summed E-state index contributed by atoms with van der Waals surface area (Å²) in [6.07, 6.45) is 0.818. The first-order valence-corrected chi connectivity index (χ1v) is 7.72. The summed E-state index contributed by atoms with van der Waals surface area (Å²) in [6, 6.07) is 9.15. The second-order valence-corrected chi connectivity index (χ2v) is 5.75. The maximum Gasteiger partial charge on any atom is 0.483 e. The molecule has 6 nitrogen and oxygen atoms in total. The van der Waals surface area contributed by atoms with E-state index in [0.717, 1.165) is 6.42 Å². The normalized spacial score (nSPS) is 9.85. The highest BCUT2D eigenvalue weighted by atomic mass is 28.3. The van der Waals surface area contributed by atoms with Crippen molar-refractivity contribution in [1.29, 1.82) is 0 Å². The zero-order valence-corrected chi connectivity index (χ0v) is 13.5. The van der Waals surface area contributed by atoms with E-state index in [9.17, 15) is 4.79 Å². The first-order chi connectivity index (χ1) is 9.69. The van der Waals surface area contributed by atoms with Crippen LogP contribution < -0.4 is 11.1 Å². The van der Waals surface area contributed by atoms with Gasteiger partial charge in [0.1, 0.15) is 0 Å². The molecular weight excluding hydrogens is 276 g/mol. The molecule has 1 aromatic carbocycles. The Morgan fingerprint density at radius 3 is 2.10 bits per heavy atom. The molecule has 0 aliphatic rings. The first kappa shape index (κ1) is 18.7. The average Bonchev–Trinajstić information content (AvgIpc) is 2.51. The number of benzene rings is 1. The topological polar surface area (TPSA) is 82.8 Å². The standard InChI is InChI=1S/C10H14N2O.C3H10O3Si/c11-7-4-8-12-10(13)9-5-2-1-3-6-9;1-4-7(5-2)6-3/h1-3,5-6H,4,7-8,11H2,(H,12,13);7H,1-3H3. The molecule has 1 aromatic rings. The lowest BCUT2D eigenvalue weighted by Gasteiger charge is -2.05. The van der Waals surface area contributed by atoms with Gasteiger partial charge in [0.05, 0.1) is 0 Å². The Morgan fingerprint density at radius 1 is 1.15 bits per heavy atom. The van der Waals surface area contributed by atoms with Crippen LogP contribution in [0.5, 0.6) is 0 Å². The fourth-order valence-corrected chi connectivity index (χ4v) is 1.86. The van der Waals surface area contributed by atoms with Crippen LogP contribution in [0.25, 0.3) is 0 Å². The van der Waals surface area contributed by atoms with Crippen LogP contribution in [-0.2, 0) is 13.3 Å². The van der Waals surface area contributed by atoms with Gasteiger partial charge in [-0.25, -0.2) is 0 Å². The van der Waals surface area contributed by atoms with E-state index in [1.54, 1.807) is 33.5 Å². The van der Waals surface area contributed by atoms with E-state index in [0.29, 0.717) is 18.7 Å². The van der Waals surface area contributed by atoms with Gasteiger partial charge in [0, 0.05) is 33.4 Å². The van der Waals surface area contributed by atoms with Crippen LogP contribution in [0.2, 0.25) is 0 Å². The Labute approximate surface area is 122 Å². The fraction of sp³-hybridized carbons (Fsp3) is 0.462. The van der Waals surface area contributed by atoms with Gasteiger partial charge in [0.25, 0.3) is 5.91 Å². The van der Waals surface area contributed by atoms with Crippen LogP contribution in [0.15, 0.2) is 30.3 Å². The van der Waals surface area contributed by atoms with Crippen molar-refractivity contribution < 1.29 is 18.1 Å². The van der Waals surface area contributed by atoms with Crippen molar-refractivity contribution in [2.24, 2.45) is 5.73 Å². The maximum atomic E-state index is 11.4. The molecule has 0 aromatic heterocycles. The lowest BCUT2D eigenvalue weighted by molar-refractivity contribution is 0.0953. The maximum absolute atomic E-state index is 11.4. The minimum atomic E-state index is -1.67. The second-order valence-electron chi connectivity index (χ2n) is 3.76. The van der Waals surface area contributed by atoms with Crippen molar-refractivity contribution in [2.45, 2.75) is 6.42 Å². The van der Waals surface area contributed by atoms with Crippen molar-refractivity contribution >= 4 is 15.4 Å². The van der Waals surface area contributed by atoms with Gasteiger partial charge in [-0.3, -0.25) is 4.79 Å². The van der Waals surface area contributed by atoms with Crippen LogP contribution in [0.4, 0.5) is 0 Å². The number of carbonyl (C=O) groups excluding carboxylic acids is 1. The lowest BCUT2D eigenvalue weighted by atomic mass is 10.2. The minimum absolute atomic E-state index is 0.0333. The minimum Gasteiger partial charge on any atom is -0.379 e. The summed E-state index contributed by atoms with van der Waals surface area (Å²) in [5, 5.41) is 2.78. The van der Waals surface area contributed by atoms with Gasteiger partial charge in [0.2, 0.25) is 0 Å². The summed E-state index contributed by atoms with van der Waals surface area (Å²) in [7, 11) is 3.05. The Bertz CT molecular complexity index is 342. The molecule has 0 atom stereocenters. The number of amides is 1. The summed E-state index contributed by atoms with van der Waals surface area (Å²) in [5.74, 6) is -0.0333. The monoisotopic (exact) mass is 300 g/mol. The van der Waals surface area contributed by atoms with E-state index in [1.165, 1.54) is 0 Å². The third kappa shape index (κ3) is 8.78. The number of hydrogen-bond acceptors (Lipinski definition) is 5. The smallest absolute Gasteiger partial charge is 0.379 e. The summed E-state index contributed by atoms with van der Waals surface area (Å²) in [6.45, 7) is 1.25. The highest BCUT2D eigenvalue weighted by molar-refractivity contribution is 6.36. The van der Waals surface area contributed by atoms with Crippen LogP contribution in [0, 0.1) is 0 Å². The SMILES string of the molecule is CO[SiH](OC)OC.NCCCNC(=O)c1ccccc1. The molecule has 7 heteroatoms. The zero-order chi connectivity index (χ0) is 15.2. The van der Waals surface area contributed by atoms with Crippen molar-refractivity contribution in [3.63, 3.8) is 0 Å². The van der Waals surface area contributed by atoms with E-state index >= 15 is 0 Å². The molecule has 0 saturated carbocycles. The number of hydrogen-bond donors (Lipinski definition) is 2. The highest BCUT2D eigenvalue weighted by Crippen LogP contribution is 1.97. The quantitative estimate of drug-likeness (QED) is 0.563. The van der Waals surface area contributed by atoms with Crippen molar-refractivity contribution in [3.05, 3.63) is 35.9 Å². The largest absolute Gasteiger partial charge is 0.483 e. The van der Waals surface area contributed by atoms with E-state index in [1.807, 2.05) is 18.2 Å². The molecule has 0 spiro atoms. The Kier molecular flexibility index (Phi) is 12.0. The van der Waals surface area contributed by atoms with Gasteiger partial charge in [-0.05, 0) is 25.1 Å². The number of nitrogens with one attached hydrogen (secondary N) is 1. The molecule has 3 N–H and O–H groups in total. The first-order valence-electron chi connectivity index (χ1n) is 6.31. The Balaban J connectivity index is 0.000000441. The second kappa shape index (κ2) is 12.8. The Hall–Kier alpha value is -1.25. The van der Waals surface area contributed by atoms with Crippen LogP contribution in [0.1, 0.15) is 16.8 Å². The summed E-state index contributed by atoms with van der Waals surface area (Å²) in [5.41, 5.74) is 6.00. The molecule has 20 heavy (non-hydrogen) atoms. The molecule has 0 aliphatic heterocycles. The van der Waals surface area contributed by atoms with Crippen molar-refractivity contribution in [2.75, 3.05) is 34.4 Å². The molecule has 1 rings (SSSR count). The molecule has 0 aliphatic carbocycles. The Morgan fingerprint density at radius 2 is 1.70 bits per heavy atom. The van der Waals surface area contributed by atoms with Gasteiger partial charge in [-0.1, -0.05) is 18.2 Å². The van der Waals surface area contributed by atoms with Gasteiger partial charge >= 0.3 is 9.53 Å². The zero-order valence-electron chi connectivity index (χ0n) is 12.3. The van der Waals surface area contributed by atoms with Crippen molar-refractivity contribution in [1.82, 2.24) is 5.32 Å². The molecular formula is C13H24N2O4Si. The number of rotatable bonds is 7. The summed E-state index contributed by atoms with van der Waals surface area (Å²) < 4.78 is 14.2. The molecule has 1 amide bonds. The summed E-state index contributed by atoms with van der Waals surface area (Å²) in [4.78, 5) is 11.4. The van der Waals surface area contributed by atoms with Gasteiger partial charge in [-0.15, -0.1) is 0 Å². The van der Waals surface area contributed by atoms with E-state index in [2.05, 4.69) is 5.32 Å². The third-order valence-corrected chi connectivity index (χ3v) is 3.43. The predicted octanol–water partition coefficient (Wildman–Crippen LogP) is 0.408. The molecule has 0 heterocycles. The molecule has 0 radical (unpaired) electrons. The van der Waals surface area contributed by atoms with Crippen LogP contribution in [0.3, 0.4) is 0 Å². The molecule has 114 valence electrons. The number of nitrogens with two attached hydrogens (primary N) is 1. The van der Waals surface area contributed by atoms with E-state index < -0.39 is 9.53 Å². The molecule has 0 bridgehead atoms. The lowest BCUT2D eigenvalue weighted by Crippen LogP contribution is -2.25. The van der Waals surface area contributed by atoms with E-state index in [-0.39, 0.29) is 5.91 Å². The van der Waals surface area contributed by atoms with Crippen LogP contribution in [-0.4, -0.2) is 49.9 Å². The van der Waals surface area contributed by atoms with Gasteiger partial charge < -0.3 is 24.3 Å². The summed E-state index contributed by atoms with van der Waals surface area (Å²) >= 11 is 0. The van der Waals surface area contributed by atoms with Gasteiger partial charge in [-0.2, -0.15) is 0 Å². The third-order valence-electron chi connectivity index (χ3n) is 2.28. The highest BCUT2D eigenvalue weighted by Gasteiger charge is 2.05. The van der Waals surface area contributed by atoms with Crippen molar-refractivity contribution in [3.8, 4) is 0 Å². The van der Waals surface area contributed by atoms with E-state index in [4.69, 9.17) is 19.0 Å². The molecule has 0 unspecified atom stereocenters. The average molecular weight is 300 g/mol. The number of carbonyl (C=O) groups is 1. The van der Waals surface area contributed by atoms with Crippen LogP contribution >= 0.6 is 0 Å².